The van der Waals surface area contributed by atoms with Crippen LogP contribution in [-0.4, -0.2) is 37.4 Å². The number of fused-ring (bicyclic) bond motifs is 18. The summed E-state index contributed by atoms with van der Waals surface area (Å²) in [5.74, 6) is 3.90. The highest BCUT2D eigenvalue weighted by molar-refractivity contribution is 6.16. The van der Waals surface area contributed by atoms with Crippen molar-refractivity contribution in [3.8, 4) is 67.3 Å². The summed E-state index contributed by atoms with van der Waals surface area (Å²) in [5.41, 5.74) is 36.4. The summed E-state index contributed by atoms with van der Waals surface area (Å²) in [7, 11) is 0. The molecule has 0 radical (unpaired) electrons. The second-order valence-corrected chi connectivity index (χ2v) is 41.6. The number of nitrogens with zero attached hydrogens (tertiary/aromatic N) is 8. The van der Waals surface area contributed by atoms with Crippen LogP contribution in [0.25, 0.3) is 198 Å². The highest BCUT2D eigenvalue weighted by atomic mass is 15.0. The third-order valence-corrected chi connectivity index (χ3v) is 28.6. The molecule has 8 heteroatoms. The van der Waals surface area contributed by atoms with E-state index in [1.807, 2.05) is 0 Å². The van der Waals surface area contributed by atoms with Crippen molar-refractivity contribution in [2.45, 2.75) is 180 Å². The fourth-order valence-electron chi connectivity index (χ4n) is 22.4. The lowest BCUT2D eigenvalue weighted by Crippen LogP contribution is -2.03. The van der Waals surface area contributed by atoms with Gasteiger partial charge < -0.3 is 27.4 Å². The van der Waals surface area contributed by atoms with Gasteiger partial charge in [0.2, 0.25) is 0 Å². The van der Waals surface area contributed by atoms with E-state index in [-0.39, 0.29) is 0 Å². The number of rotatable bonds is 30. The van der Waals surface area contributed by atoms with E-state index in [1.54, 1.807) is 0 Å². The molecule has 0 bridgehead atoms. The first kappa shape index (κ1) is 86.6. The third-order valence-electron chi connectivity index (χ3n) is 28.6. The van der Waals surface area contributed by atoms with Gasteiger partial charge in [0.15, 0.2) is 5.82 Å². The van der Waals surface area contributed by atoms with Crippen LogP contribution in [-0.2, 0) is 77.8 Å². The molecule has 22 rings (SSSR count). The molecule has 7 heterocycles. The molecule has 672 valence electrons. The van der Waals surface area contributed by atoms with E-state index in [1.165, 1.54) is 198 Å². The lowest BCUT2D eigenvalue weighted by atomic mass is 9.98. The molecule has 135 heavy (non-hydrogen) atoms. The zero-order valence-electron chi connectivity index (χ0n) is 80.7. The Balaban J connectivity index is 0.524. The van der Waals surface area contributed by atoms with Crippen molar-refractivity contribution >= 4 is 131 Å². The SMILES string of the molecule is CC(C)Cn1c2ccccc2c2cc(-c3ccc4c(c3)c3cc(CCCc5ccc(-c6cc(-c7ccc(CCCc8ccc9c(c8)c8cc(-c%10ccc%11c(c%10)c%10ccccc%10n%11CC(C)C)ccc8n9CC(C)C)cc7)nc(-c7ccc(CCCc8ccc9c(c8)c8cc(-c%10ccc%11c(c%10)c%10ccccc%10n%11CC(C)C)ccc8n9CC(C)C)cc7)n6)cc5)ccc3n4CC(C)C)ccc21. The quantitative estimate of drug-likeness (QED) is 0.0450. The number of para-hydroxylation sites is 3. The smallest absolute Gasteiger partial charge is 0.160 e. The van der Waals surface area contributed by atoms with Crippen LogP contribution in [0.5, 0.6) is 0 Å². The van der Waals surface area contributed by atoms with Crippen LogP contribution in [0.1, 0.15) is 136 Å². The molecule has 7 aromatic heterocycles. The van der Waals surface area contributed by atoms with Gasteiger partial charge in [0, 0.05) is 187 Å². The van der Waals surface area contributed by atoms with E-state index >= 15 is 0 Å². The van der Waals surface area contributed by atoms with Crippen LogP contribution in [0.4, 0.5) is 0 Å². The summed E-state index contributed by atoms with van der Waals surface area (Å²) in [4.78, 5) is 10.9. The number of benzene rings is 15. The Morgan fingerprint density at radius 2 is 0.356 bits per heavy atom. The van der Waals surface area contributed by atoms with Gasteiger partial charge in [-0.1, -0.05) is 265 Å². The van der Waals surface area contributed by atoms with Crippen LogP contribution in [0.2, 0.25) is 0 Å². The molecule has 0 spiro atoms. The van der Waals surface area contributed by atoms with E-state index in [0.29, 0.717) is 35.5 Å². The van der Waals surface area contributed by atoms with Crippen molar-refractivity contribution in [1.82, 2.24) is 37.4 Å². The molecule has 0 amide bonds. The van der Waals surface area contributed by atoms with Crippen molar-refractivity contribution in [1.29, 1.82) is 0 Å². The number of aryl methyl sites for hydroxylation is 6. The molecule has 0 aliphatic rings. The largest absolute Gasteiger partial charge is 0.340 e. The first-order valence-electron chi connectivity index (χ1n) is 50.1. The normalized spacial score (nSPS) is 12.4. The summed E-state index contributed by atoms with van der Waals surface area (Å²) in [6.07, 6.45) is 9.00. The molecule has 0 saturated heterocycles. The highest BCUT2D eigenvalue weighted by Gasteiger charge is 2.24. The summed E-state index contributed by atoms with van der Waals surface area (Å²) in [6, 6.07) is 121. The zero-order valence-corrected chi connectivity index (χ0v) is 80.7. The van der Waals surface area contributed by atoms with E-state index in [9.17, 15) is 0 Å². The molecule has 0 saturated carbocycles. The monoisotopic (exact) mass is 1760 g/mol. The van der Waals surface area contributed by atoms with Crippen LogP contribution >= 0.6 is 0 Å². The molecule has 0 fully saturated rings. The predicted octanol–water partition coefficient (Wildman–Crippen LogP) is 33.6. The standard InChI is InChI=1S/C127H124N8/c1-80(2)74-130-115-31-16-13-28-101(115)107-67-95(49-58-121(107)130)98-52-61-124-110(70-98)104-64-89(40-55-118(104)133(124)77-83(7)8)25-19-22-86-34-43-92(44-35-86)113-73-114(93-45-36-87(37-46-93)23-20-26-90-41-56-119-105(65-90)111-71-99(53-62-125(111)134(119)78-84(9)10)96-50-59-122-108(68-96)102-29-14-17-32-116(102)131(122)75-81(3)4)129-127(128-113)94-47-38-88(39-48-94)24-21-27-91-42-57-120-106(66-91)112-72-100(54-63-126(112)135(120)79-85(11)12)97-51-60-123-109(69-97)103-30-15-18-33-117(103)132(123)76-82(5)6/h13-18,28-73,80-85H,19-27,74-79H2,1-12H3. The summed E-state index contributed by atoms with van der Waals surface area (Å²) in [5, 5.41) is 15.9. The highest BCUT2D eigenvalue weighted by Crippen LogP contribution is 2.44. The molecule has 0 atom stereocenters. The number of aromatic nitrogens is 8. The lowest BCUT2D eigenvalue weighted by Gasteiger charge is -2.12. The molecule has 0 unspecified atom stereocenters. The molecule has 0 aliphatic carbocycles. The van der Waals surface area contributed by atoms with Crippen molar-refractivity contribution in [2.75, 3.05) is 0 Å². The maximum atomic E-state index is 5.46. The van der Waals surface area contributed by atoms with Crippen LogP contribution in [0.3, 0.4) is 0 Å². The lowest BCUT2D eigenvalue weighted by molar-refractivity contribution is 0.545. The second-order valence-electron chi connectivity index (χ2n) is 41.6. The number of hydrogen-bond donors (Lipinski definition) is 0. The Hall–Kier alpha value is -13.8. The van der Waals surface area contributed by atoms with Crippen molar-refractivity contribution in [2.24, 2.45) is 35.5 Å². The Labute approximate surface area is 794 Å². The van der Waals surface area contributed by atoms with Crippen molar-refractivity contribution < 1.29 is 0 Å². The Morgan fingerprint density at radius 1 is 0.170 bits per heavy atom. The van der Waals surface area contributed by atoms with Gasteiger partial charge in [0.1, 0.15) is 0 Å². The van der Waals surface area contributed by atoms with Crippen LogP contribution in [0, 0.1) is 35.5 Å². The van der Waals surface area contributed by atoms with Gasteiger partial charge in [-0.25, -0.2) is 9.97 Å². The molecule has 22 aromatic rings. The van der Waals surface area contributed by atoms with Gasteiger partial charge in [-0.3, -0.25) is 0 Å². The fourth-order valence-corrected chi connectivity index (χ4v) is 22.4. The molecular formula is C127H124N8. The van der Waals surface area contributed by atoms with Crippen molar-refractivity contribution in [3.05, 3.63) is 349 Å². The average Bonchev–Trinajstić information content (AvgIpc) is 1.59. The fraction of sp³-hybridized carbons (Fsp3) is 0.260. The van der Waals surface area contributed by atoms with E-state index < -0.39 is 0 Å². The number of hydrogen-bond acceptors (Lipinski definition) is 2. The van der Waals surface area contributed by atoms with Gasteiger partial charge >= 0.3 is 0 Å². The average molecular weight is 1760 g/mol. The van der Waals surface area contributed by atoms with Crippen LogP contribution < -0.4 is 0 Å². The van der Waals surface area contributed by atoms with Gasteiger partial charge in [-0.15, -0.1) is 0 Å². The Bertz CT molecular complexity index is 7480. The minimum absolute atomic E-state index is 0.507. The molecular weight excluding hydrogens is 1640 g/mol. The van der Waals surface area contributed by atoms with Gasteiger partial charge in [-0.2, -0.15) is 0 Å². The summed E-state index contributed by atoms with van der Waals surface area (Å²) < 4.78 is 15.2. The van der Waals surface area contributed by atoms with Crippen molar-refractivity contribution in [3.63, 3.8) is 0 Å². The van der Waals surface area contributed by atoms with Crippen LogP contribution in [0.15, 0.2) is 315 Å². The minimum atomic E-state index is 0.507. The Kier molecular flexibility index (Phi) is 23.2. The summed E-state index contributed by atoms with van der Waals surface area (Å²) >= 11 is 0. The molecule has 0 N–H and O–H groups in total. The first-order chi connectivity index (χ1) is 65.8. The maximum Gasteiger partial charge on any atom is 0.160 e. The first-order valence-corrected chi connectivity index (χ1v) is 50.1. The zero-order chi connectivity index (χ0) is 92.0. The molecule has 0 aliphatic heterocycles. The van der Waals surface area contributed by atoms with Gasteiger partial charge in [0.05, 0.1) is 11.4 Å². The van der Waals surface area contributed by atoms with E-state index in [4.69, 9.17) is 9.97 Å². The maximum absolute atomic E-state index is 5.46. The van der Waals surface area contributed by atoms with E-state index in [0.717, 1.165) is 131 Å². The minimum Gasteiger partial charge on any atom is -0.340 e. The molecule has 8 nitrogen and oxygen atoms in total. The van der Waals surface area contributed by atoms with Gasteiger partial charge in [0.25, 0.3) is 0 Å². The molecule has 15 aromatic carbocycles. The summed E-state index contributed by atoms with van der Waals surface area (Å²) in [6.45, 7) is 33.8. The Morgan fingerprint density at radius 3 is 0.600 bits per heavy atom. The topological polar surface area (TPSA) is 55.4 Å². The third kappa shape index (κ3) is 16.8. The van der Waals surface area contributed by atoms with E-state index in [2.05, 4.69) is 426 Å². The second kappa shape index (κ2) is 36.2. The predicted molar refractivity (Wildman–Crippen MR) is 577 cm³/mol. The van der Waals surface area contributed by atoms with Gasteiger partial charge in [-0.05, 0) is 294 Å².